The molecule has 0 aromatic carbocycles. The summed E-state index contributed by atoms with van der Waals surface area (Å²) in [7, 11) is 1.79. The monoisotopic (exact) mass is 237 g/mol. The summed E-state index contributed by atoms with van der Waals surface area (Å²) in [6.45, 7) is 3.99. The summed E-state index contributed by atoms with van der Waals surface area (Å²) in [5.74, 6) is 0.848. The van der Waals surface area contributed by atoms with Crippen LogP contribution in [0.1, 0.15) is 32.6 Å². The molecule has 2 atom stereocenters. The standard InChI is InChI=1S/C13H23N3O/c1-11-4-3-5-12(10-11)14-6-7-16-9-8-15(2)13(16)17/h8-9,11-12,14H,3-7,10H2,1-2H3. The molecule has 1 aliphatic rings. The van der Waals surface area contributed by atoms with Gasteiger partial charge in [-0.25, -0.2) is 4.79 Å². The maximum absolute atomic E-state index is 11.6. The lowest BCUT2D eigenvalue weighted by atomic mass is 9.87. The van der Waals surface area contributed by atoms with Gasteiger partial charge in [-0.2, -0.15) is 0 Å². The summed E-state index contributed by atoms with van der Waals surface area (Å²) in [6.07, 6.45) is 8.94. The molecule has 1 heterocycles. The average Bonchev–Trinajstić information content (AvgIpc) is 2.61. The van der Waals surface area contributed by atoms with E-state index in [2.05, 4.69) is 12.2 Å². The van der Waals surface area contributed by atoms with Gasteiger partial charge in [0.2, 0.25) is 0 Å². The zero-order valence-corrected chi connectivity index (χ0v) is 10.9. The van der Waals surface area contributed by atoms with Gasteiger partial charge in [0.25, 0.3) is 0 Å². The molecule has 2 rings (SSSR count). The molecule has 1 N–H and O–H groups in total. The summed E-state index contributed by atoms with van der Waals surface area (Å²) in [6, 6.07) is 0.651. The van der Waals surface area contributed by atoms with Crippen molar-refractivity contribution in [2.24, 2.45) is 13.0 Å². The predicted octanol–water partition coefficient (Wildman–Crippen LogP) is 1.36. The van der Waals surface area contributed by atoms with Crippen LogP contribution < -0.4 is 11.0 Å². The van der Waals surface area contributed by atoms with Crippen LogP contribution in [0.3, 0.4) is 0 Å². The molecule has 4 heteroatoms. The van der Waals surface area contributed by atoms with E-state index < -0.39 is 0 Å². The minimum absolute atomic E-state index is 0.0730. The maximum atomic E-state index is 11.6. The number of nitrogens with one attached hydrogen (secondary N) is 1. The molecule has 0 spiro atoms. The fourth-order valence-corrected chi connectivity index (χ4v) is 2.69. The molecule has 17 heavy (non-hydrogen) atoms. The van der Waals surface area contributed by atoms with E-state index >= 15 is 0 Å². The Balaban J connectivity index is 1.76. The highest BCUT2D eigenvalue weighted by molar-refractivity contribution is 4.81. The zero-order valence-electron chi connectivity index (χ0n) is 10.9. The van der Waals surface area contributed by atoms with E-state index in [4.69, 9.17) is 0 Å². The first-order valence-corrected chi connectivity index (χ1v) is 6.62. The number of rotatable bonds is 4. The molecule has 1 saturated carbocycles. The van der Waals surface area contributed by atoms with Crippen molar-refractivity contribution in [1.82, 2.24) is 14.5 Å². The summed E-state index contributed by atoms with van der Waals surface area (Å²) in [5.41, 5.74) is 0.0730. The normalized spacial score (nSPS) is 25.1. The Kier molecular flexibility index (Phi) is 4.05. The van der Waals surface area contributed by atoms with Crippen LogP contribution in [0.4, 0.5) is 0 Å². The molecule has 1 fully saturated rings. The summed E-state index contributed by atoms with van der Waals surface area (Å²) >= 11 is 0. The van der Waals surface area contributed by atoms with Crippen molar-refractivity contribution < 1.29 is 0 Å². The third-order valence-corrected chi connectivity index (χ3v) is 3.74. The van der Waals surface area contributed by atoms with E-state index in [0.29, 0.717) is 6.04 Å². The molecule has 0 amide bonds. The highest BCUT2D eigenvalue weighted by Gasteiger charge is 2.17. The van der Waals surface area contributed by atoms with Gasteiger partial charge in [0.1, 0.15) is 0 Å². The smallest absolute Gasteiger partial charge is 0.312 e. The Morgan fingerprint density at radius 1 is 1.41 bits per heavy atom. The summed E-state index contributed by atoms with van der Waals surface area (Å²) < 4.78 is 3.38. The quantitative estimate of drug-likeness (QED) is 0.858. The van der Waals surface area contributed by atoms with Crippen LogP contribution in [0.25, 0.3) is 0 Å². The SMILES string of the molecule is CC1CCCC(NCCn2ccn(C)c2=O)C1. The van der Waals surface area contributed by atoms with Gasteiger partial charge in [-0.1, -0.05) is 19.8 Å². The Bertz CT molecular complexity index is 407. The van der Waals surface area contributed by atoms with Crippen molar-refractivity contribution in [2.75, 3.05) is 6.54 Å². The highest BCUT2D eigenvalue weighted by atomic mass is 16.1. The summed E-state index contributed by atoms with van der Waals surface area (Å²) in [4.78, 5) is 11.6. The van der Waals surface area contributed by atoms with Gasteiger partial charge in [-0.15, -0.1) is 0 Å². The Morgan fingerprint density at radius 2 is 2.24 bits per heavy atom. The number of imidazole rings is 1. The fourth-order valence-electron chi connectivity index (χ4n) is 2.69. The van der Waals surface area contributed by atoms with Crippen molar-refractivity contribution in [2.45, 2.75) is 45.2 Å². The third-order valence-electron chi connectivity index (χ3n) is 3.74. The van der Waals surface area contributed by atoms with Gasteiger partial charge >= 0.3 is 5.69 Å². The maximum Gasteiger partial charge on any atom is 0.327 e. The first kappa shape index (κ1) is 12.4. The fraction of sp³-hybridized carbons (Fsp3) is 0.769. The van der Waals surface area contributed by atoms with E-state index in [1.54, 1.807) is 16.2 Å². The van der Waals surface area contributed by atoms with Crippen molar-refractivity contribution in [3.05, 3.63) is 22.9 Å². The Hall–Kier alpha value is -1.03. The Morgan fingerprint density at radius 3 is 2.88 bits per heavy atom. The van der Waals surface area contributed by atoms with Crippen molar-refractivity contribution in [1.29, 1.82) is 0 Å². The van der Waals surface area contributed by atoms with Gasteiger partial charge in [-0.05, 0) is 18.8 Å². The van der Waals surface area contributed by atoms with Crippen LogP contribution in [0.15, 0.2) is 17.2 Å². The largest absolute Gasteiger partial charge is 0.327 e. The molecule has 0 aliphatic heterocycles. The van der Waals surface area contributed by atoms with Gasteiger partial charge in [-0.3, -0.25) is 4.57 Å². The van der Waals surface area contributed by atoms with Crippen LogP contribution in [-0.4, -0.2) is 21.7 Å². The second-order valence-corrected chi connectivity index (χ2v) is 5.31. The van der Waals surface area contributed by atoms with Crippen LogP contribution >= 0.6 is 0 Å². The van der Waals surface area contributed by atoms with Crippen LogP contribution in [0.2, 0.25) is 0 Å². The topological polar surface area (TPSA) is 39.0 Å². The number of nitrogens with zero attached hydrogens (tertiary/aromatic N) is 2. The van der Waals surface area contributed by atoms with Gasteiger partial charge < -0.3 is 9.88 Å². The number of aryl methyl sites for hydroxylation is 1. The van der Waals surface area contributed by atoms with E-state index in [0.717, 1.165) is 19.0 Å². The molecule has 1 aromatic rings. The van der Waals surface area contributed by atoms with Gasteiger partial charge in [0.15, 0.2) is 0 Å². The highest BCUT2D eigenvalue weighted by Crippen LogP contribution is 2.23. The first-order valence-electron chi connectivity index (χ1n) is 6.62. The lowest BCUT2D eigenvalue weighted by Gasteiger charge is -2.27. The Labute approximate surface area is 103 Å². The van der Waals surface area contributed by atoms with E-state index in [-0.39, 0.29) is 5.69 Å². The zero-order chi connectivity index (χ0) is 12.3. The number of hydrogen-bond donors (Lipinski definition) is 1. The second-order valence-electron chi connectivity index (χ2n) is 5.31. The lowest BCUT2D eigenvalue weighted by molar-refractivity contribution is 0.299. The number of aromatic nitrogens is 2. The molecule has 4 nitrogen and oxygen atoms in total. The minimum Gasteiger partial charge on any atom is -0.312 e. The predicted molar refractivity (Wildman–Crippen MR) is 69.1 cm³/mol. The molecular formula is C13H23N3O. The van der Waals surface area contributed by atoms with Crippen LogP contribution in [0.5, 0.6) is 0 Å². The lowest BCUT2D eigenvalue weighted by Crippen LogP contribution is -2.36. The van der Waals surface area contributed by atoms with Crippen LogP contribution in [0, 0.1) is 5.92 Å². The van der Waals surface area contributed by atoms with Crippen molar-refractivity contribution >= 4 is 0 Å². The first-order chi connectivity index (χ1) is 8.16. The molecule has 0 radical (unpaired) electrons. The molecule has 1 aromatic heterocycles. The van der Waals surface area contributed by atoms with Gasteiger partial charge in [0.05, 0.1) is 0 Å². The van der Waals surface area contributed by atoms with Gasteiger partial charge in [0, 0.05) is 38.6 Å². The molecule has 1 aliphatic carbocycles. The van der Waals surface area contributed by atoms with Crippen molar-refractivity contribution in [3.63, 3.8) is 0 Å². The van der Waals surface area contributed by atoms with Crippen molar-refractivity contribution in [3.8, 4) is 0 Å². The third kappa shape index (κ3) is 3.22. The minimum atomic E-state index is 0.0730. The van der Waals surface area contributed by atoms with Crippen LogP contribution in [-0.2, 0) is 13.6 Å². The van der Waals surface area contributed by atoms with E-state index in [1.807, 2.05) is 12.4 Å². The molecule has 0 bridgehead atoms. The average molecular weight is 237 g/mol. The van der Waals surface area contributed by atoms with E-state index in [9.17, 15) is 4.79 Å². The molecule has 2 unspecified atom stereocenters. The molecule has 0 saturated heterocycles. The summed E-state index contributed by atoms with van der Waals surface area (Å²) in [5, 5.41) is 3.57. The number of hydrogen-bond acceptors (Lipinski definition) is 2. The molecular weight excluding hydrogens is 214 g/mol. The molecule has 96 valence electrons. The second kappa shape index (κ2) is 5.54. The van der Waals surface area contributed by atoms with E-state index in [1.165, 1.54) is 25.7 Å².